The second-order valence-electron chi connectivity index (χ2n) is 5.77. The molecule has 1 rings (SSSR count). The number of rotatable bonds is 8. The van der Waals surface area contributed by atoms with Gasteiger partial charge in [0.15, 0.2) is 0 Å². The van der Waals surface area contributed by atoms with Crippen molar-refractivity contribution >= 4 is 5.91 Å². The first-order valence-electron chi connectivity index (χ1n) is 7.58. The van der Waals surface area contributed by atoms with E-state index in [-0.39, 0.29) is 24.5 Å². The molecule has 1 aliphatic carbocycles. The van der Waals surface area contributed by atoms with Crippen molar-refractivity contribution in [3.63, 3.8) is 0 Å². The van der Waals surface area contributed by atoms with Crippen LogP contribution in [0.1, 0.15) is 65.2 Å². The van der Waals surface area contributed by atoms with Crippen molar-refractivity contribution in [1.29, 1.82) is 0 Å². The molecule has 1 amide bonds. The average Bonchev–Trinajstić information content (AvgIpc) is 2.86. The van der Waals surface area contributed by atoms with E-state index in [9.17, 15) is 4.79 Å². The average molecular weight is 255 g/mol. The van der Waals surface area contributed by atoms with Crippen LogP contribution in [-0.2, 0) is 4.79 Å². The molecule has 0 aromatic heterocycles. The third-order valence-electron chi connectivity index (χ3n) is 4.14. The molecule has 2 atom stereocenters. The second-order valence-corrected chi connectivity index (χ2v) is 5.77. The Kier molecular flexibility index (Phi) is 7.33. The molecular weight excluding hydrogens is 226 g/mol. The summed E-state index contributed by atoms with van der Waals surface area (Å²) in [4.78, 5) is 12.2. The van der Waals surface area contributed by atoms with Crippen LogP contribution in [0.3, 0.4) is 0 Å². The Balaban J connectivity index is 2.31. The molecule has 2 N–H and O–H groups in total. The molecule has 0 radical (unpaired) electrons. The third kappa shape index (κ3) is 5.38. The van der Waals surface area contributed by atoms with Crippen LogP contribution in [0.15, 0.2) is 0 Å². The minimum Gasteiger partial charge on any atom is -0.396 e. The molecule has 0 aromatic carbocycles. The van der Waals surface area contributed by atoms with Crippen LogP contribution in [0.5, 0.6) is 0 Å². The maximum absolute atomic E-state index is 12.2. The molecule has 1 aliphatic rings. The summed E-state index contributed by atoms with van der Waals surface area (Å²) in [6.45, 7) is 4.34. The summed E-state index contributed by atoms with van der Waals surface area (Å²) in [5.74, 6) is 1.17. The predicted molar refractivity (Wildman–Crippen MR) is 74.3 cm³/mol. The van der Waals surface area contributed by atoms with Gasteiger partial charge in [0.1, 0.15) is 0 Å². The van der Waals surface area contributed by atoms with E-state index in [1.165, 1.54) is 25.7 Å². The van der Waals surface area contributed by atoms with Crippen LogP contribution >= 0.6 is 0 Å². The Morgan fingerprint density at radius 2 is 2.06 bits per heavy atom. The summed E-state index contributed by atoms with van der Waals surface area (Å²) in [7, 11) is 0. The molecule has 106 valence electrons. The van der Waals surface area contributed by atoms with E-state index in [4.69, 9.17) is 5.11 Å². The lowest BCUT2D eigenvalue weighted by molar-refractivity contribution is -0.126. The molecule has 0 bridgehead atoms. The van der Waals surface area contributed by atoms with Gasteiger partial charge in [-0.2, -0.15) is 0 Å². The van der Waals surface area contributed by atoms with Gasteiger partial charge in [0.25, 0.3) is 0 Å². The smallest absolute Gasteiger partial charge is 0.223 e. The lowest BCUT2D eigenvalue weighted by Crippen LogP contribution is -2.37. The minimum absolute atomic E-state index is 0.183. The number of carbonyl (C=O) groups is 1. The topological polar surface area (TPSA) is 49.3 Å². The van der Waals surface area contributed by atoms with Crippen molar-refractivity contribution in [2.24, 2.45) is 11.8 Å². The SMILES string of the molecule is CCC(CC1CCCC1)C(=O)NC(C)CCCO. The quantitative estimate of drug-likeness (QED) is 0.700. The molecule has 3 nitrogen and oxygen atoms in total. The number of hydrogen-bond acceptors (Lipinski definition) is 2. The van der Waals surface area contributed by atoms with Gasteiger partial charge in [-0.05, 0) is 38.5 Å². The number of hydrogen-bond donors (Lipinski definition) is 2. The summed E-state index contributed by atoms with van der Waals surface area (Å²) in [5.41, 5.74) is 0. The molecule has 0 saturated heterocycles. The first kappa shape index (κ1) is 15.5. The molecule has 18 heavy (non-hydrogen) atoms. The molecule has 1 fully saturated rings. The van der Waals surface area contributed by atoms with Crippen LogP contribution in [0.25, 0.3) is 0 Å². The Morgan fingerprint density at radius 1 is 1.39 bits per heavy atom. The molecule has 1 saturated carbocycles. The molecule has 2 unspecified atom stereocenters. The molecule has 3 heteroatoms. The zero-order chi connectivity index (χ0) is 13.4. The fourth-order valence-corrected chi connectivity index (χ4v) is 2.94. The highest BCUT2D eigenvalue weighted by molar-refractivity contribution is 5.78. The van der Waals surface area contributed by atoms with Crippen molar-refractivity contribution in [2.75, 3.05) is 6.61 Å². The van der Waals surface area contributed by atoms with Crippen molar-refractivity contribution in [1.82, 2.24) is 5.32 Å². The van der Waals surface area contributed by atoms with Gasteiger partial charge in [-0.1, -0.05) is 32.6 Å². The van der Waals surface area contributed by atoms with Gasteiger partial charge in [0, 0.05) is 18.6 Å². The van der Waals surface area contributed by atoms with Crippen molar-refractivity contribution in [3.05, 3.63) is 0 Å². The summed E-state index contributed by atoms with van der Waals surface area (Å²) in [6, 6.07) is 0.183. The van der Waals surface area contributed by atoms with Crippen LogP contribution in [-0.4, -0.2) is 23.7 Å². The number of amides is 1. The highest BCUT2D eigenvalue weighted by atomic mass is 16.2. The van der Waals surface area contributed by atoms with Crippen LogP contribution in [0, 0.1) is 11.8 Å². The van der Waals surface area contributed by atoms with Gasteiger partial charge in [0.2, 0.25) is 5.91 Å². The van der Waals surface area contributed by atoms with E-state index >= 15 is 0 Å². The van der Waals surface area contributed by atoms with E-state index in [0.29, 0.717) is 0 Å². The monoisotopic (exact) mass is 255 g/mol. The van der Waals surface area contributed by atoms with Crippen molar-refractivity contribution < 1.29 is 9.90 Å². The van der Waals surface area contributed by atoms with Crippen molar-refractivity contribution in [3.8, 4) is 0 Å². The van der Waals surface area contributed by atoms with E-state index in [0.717, 1.165) is 31.6 Å². The summed E-state index contributed by atoms with van der Waals surface area (Å²) >= 11 is 0. The number of carbonyl (C=O) groups excluding carboxylic acids is 1. The second kappa shape index (κ2) is 8.52. The molecule has 0 spiro atoms. The maximum Gasteiger partial charge on any atom is 0.223 e. The van der Waals surface area contributed by atoms with Crippen molar-refractivity contribution in [2.45, 2.75) is 71.3 Å². The maximum atomic E-state index is 12.2. The first-order chi connectivity index (χ1) is 8.67. The van der Waals surface area contributed by atoms with Gasteiger partial charge in [-0.25, -0.2) is 0 Å². The van der Waals surface area contributed by atoms with Crippen LogP contribution in [0.4, 0.5) is 0 Å². The zero-order valence-corrected chi connectivity index (χ0v) is 12.0. The summed E-state index contributed by atoms with van der Waals surface area (Å²) in [5, 5.41) is 11.9. The predicted octanol–water partition coefficient (Wildman–Crippen LogP) is 2.87. The van der Waals surface area contributed by atoms with E-state index in [1.807, 2.05) is 6.92 Å². The highest BCUT2D eigenvalue weighted by Crippen LogP contribution is 2.31. The minimum atomic E-state index is 0.183. The Morgan fingerprint density at radius 3 is 2.61 bits per heavy atom. The number of aliphatic hydroxyl groups is 1. The zero-order valence-electron chi connectivity index (χ0n) is 12.0. The first-order valence-corrected chi connectivity index (χ1v) is 7.58. The van der Waals surface area contributed by atoms with Gasteiger partial charge >= 0.3 is 0 Å². The molecular formula is C15H29NO2. The fraction of sp³-hybridized carbons (Fsp3) is 0.933. The summed E-state index contributed by atoms with van der Waals surface area (Å²) < 4.78 is 0. The number of nitrogens with one attached hydrogen (secondary N) is 1. The number of aliphatic hydroxyl groups excluding tert-OH is 1. The van der Waals surface area contributed by atoms with Crippen LogP contribution in [0.2, 0.25) is 0 Å². The largest absolute Gasteiger partial charge is 0.396 e. The Labute approximate surface area is 111 Å². The third-order valence-corrected chi connectivity index (χ3v) is 4.14. The normalized spacial score (nSPS) is 19.7. The van der Waals surface area contributed by atoms with Gasteiger partial charge < -0.3 is 10.4 Å². The lowest BCUT2D eigenvalue weighted by Gasteiger charge is -2.21. The molecule has 0 heterocycles. The Bertz CT molecular complexity index is 237. The van der Waals surface area contributed by atoms with E-state index in [2.05, 4.69) is 12.2 Å². The van der Waals surface area contributed by atoms with E-state index < -0.39 is 0 Å². The van der Waals surface area contributed by atoms with Crippen LogP contribution < -0.4 is 5.32 Å². The van der Waals surface area contributed by atoms with Gasteiger partial charge in [-0.3, -0.25) is 4.79 Å². The van der Waals surface area contributed by atoms with E-state index in [1.54, 1.807) is 0 Å². The Hall–Kier alpha value is -0.570. The summed E-state index contributed by atoms with van der Waals surface area (Å²) in [6.07, 6.45) is 8.94. The highest BCUT2D eigenvalue weighted by Gasteiger charge is 2.24. The van der Waals surface area contributed by atoms with Gasteiger partial charge in [-0.15, -0.1) is 0 Å². The molecule has 0 aliphatic heterocycles. The fourth-order valence-electron chi connectivity index (χ4n) is 2.94. The van der Waals surface area contributed by atoms with Gasteiger partial charge in [0.05, 0.1) is 0 Å². The molecule has 0 aromatic rings. The lowest BCUT2D eigenvalue weighted by atomic mass is 9.90. The standard InChI is InChI=1S/C15H29NO2/c1-3-14(11-13-8-4-5-9-13)15(18)16-12(2)7-6-10-17/h12-14,17H,3-11H2,1-2H3,(H,16,18).